The third kappa shape index (κ3) is 4.52. The molecule has 0 spiro atoms. The third-order valence-corrected chi connectivity index (χ3v) is 3.10. The van der Waals surface area contributed by atoms with Gasteiger partial charge in [-0.1, -0.05) is 13.8 Å². The van der Waals surface area contributed by atoms with Gasteiger partial charge in [0.2, 0.25) is 0 Å². The fraction of sp³-hybridized carbons (Fsp3) is 0.714. The lowest BCUT2D eigenvalue weighted by molar-refractivity contribution is 0.103. The summed E-state index contributed by atoms with van der Waals surface area (Å²) in [5.41, 5.74) is 1.38. The molecule has 0 bridgehead atoms. The summed E-state index contributed by atoms with van der Waals surface area (Å²) in [6.45, 7) is 8.51. The zero-order valence-electron chi connectivity index (χ0n) is 11.6. The van der Waals surface area contributed by atoms with E-state index in [2.05, 4.69) is 49.1 Å². The van der Waals surface area contributed by atoms with Crippen LogP contribution in [0.2, 0.25) is 0 Å². The maximum atomic E-state index is 5.28. The quantitative estimate of drug-likeness (QED) is 0.753. The number of hydrogen-bond donors (Lipinski definition) is 1. The average molecular weight is 238 g/mol. The van der Waals surface area contributed by atoms with E-state index < -0.39 is 0 Å². The van der Waals surface area contributed by atoms with Crippen LogP contribution in [0.1, 0.15) is 45.2 Å². The molecule has 1 N–H and O–H groups in total. The molecule has 0 aliphatic rings. The summed E-state index contributed by atoms with van der Waals surface area (Å²) >= 11 is 0. The second kappa shape index (κ2) is 7.51. The molecule has 2 unspecified atom stereocenters. The molecule has 3 nitrogen and oxygen atoms in total. The number of ether oxygens (including phenoxy) is 1. The normalized spacial score (nSPS) is 14.8. The van der Waals surface area contributed by atoms with Crippen LogP contribution in [0, 0.1) is 0 Å². The molecule has 0 fully saturated rings. The zero-order chi connectivity index (χ0) is 12.7. The largest absolute Gasteiger partial charge is 0.380 e. The first-order chi connectivity index (χ1) is 8.21. The van der Waals surface area contributed by atoms with Crippen LogP contribution in [0.4, 0.5) is 0 Å². The van der Waals surface area contributed by atoms with Crippen molar-refractivity contribution in [3.8, 4) is 0 Å². The van der Waals surface area contributed by atoms with Gasteiger partial charge in [0, 0.05) is 32.1 Å². The smallest absolute Gasteiger partial charge is 0.0721 e. The summed E-state index contributed by atoms with van der Waals surface area (Å²) in [5, 5.41) is 3.57. The fourth-order valence-electron chi connectivity index (χ4n) is 1.97. The van der Waals surface area contributed by atoms with Crippen LogP contribution in [0.5, 0.6) is 0 Å². The predicted molar refractivity (Wildman–Crippen MR) is 72.2 cm³/mol. The Hall–Kier alpha value is -0.800. The lowest BCUT2D eigenvalue weighted by Gasteiger charge is -2.15. The van der Waals surface area contributed by atoms with E-state index in [0.717, 1.165) is 19.5 Å². The Bertz CT molecular complexity index is 309. The first-order valence-corrected chi connectivity index (χ1v) is 6.63. The van der Waals surface area contributed by atoms with Crippen molar-refractivity contribution in [2.45, 2.75) is 52.3 Å². The third-order valence-electron chi connectivity index (χ3n) is 3.10. The maximum Gasteiger partial charge on any atom is 0.0721 e. The average Bonchev–Trinajstić information content (AvgIpc) is 2.78. The monoisotopic (exact) mass is 238 g/mol. The molecule has 0 aromatic carbocycles. The van der Waals surface area contributed by atoms with Gasteiger partial charge in [-0.15, -0.1) is 0 Å². The molecule has 0 aliphatic heterocycles. The molecule has 1 heterocycles. The van der Waals surface area contributed by atoms with Crippen molar-refractivity contribution in [1.29, 1.82) is 0 Å². The van der Waals surface area contributed by atoms with E-state index in [1.54, 1.807) is 7.11 Å². The van der Waals surface area contributed by atoms with Crippen LogP contribution in [0.15, 0.2) is 18.5 Å². The maximum absolute atomic E-state index is 5.28. The van der Waals surface area contributed by atoms with Crippen molar-refractivity contribution in [2.75, 3.05) is 13.7 Å². The molecule has 1 rings (SSSR count). The molecule has 1 aromatic rings. The van der Waals surface area contributed by atoms with Gasteiger partial charge < -0.3 is 14.6 Å². The fourth-order valence-corrected chi connectivity index (χ4v) is 1.97. The Morgan fingerprint density at radius 1 is 1.41 bits per heavy atom. The molecule has 3 heteroatoms. The summed E-state index contributed by atoms with van der Waals surface area (Å²) in [5.74, 6) is 0. The van der Waals surface area contributed by atoms with E-state index in [4.69, 9.17) is 4.74 Å². The molecule has 98 valence electrons. The molecule has 0 amide bonds. The molecular formula is C14H26N2O. The first kappa shape index (κ1) is 14.3. The van der Waals surface area contributed by atoms with Crippen LogP contribution in [-0.4, -0.2) is 24.3 Å². The minimum absolute atomic E-state index is 0.263. The second-order valence-corrected chi connectivity index (χ2v) is 4.60. The Labute approximate surface area is 105 Å². The lowest BCUT2D eigenvalue weighted by Crippen LogP contribution is -2.21. The molecule has 0 aliphatic carbocycles. The van der Waals surface area contributed by atoms with Crippen molar-refractivity contribution in [3.05, 3.63) is 24.0 Å². The highest BCUT2D eigenvalue weighted by molar-refractivity contribution is 5.15. The van der Waals surface area contributed by atoms with Gasteiger partial charge >= 0.3 is 0 Å². The minimum Gasteiger partial charge on any atom is -0.380 e. The Morgan fingerprint density at radius 2 is 2.18 bits per heavy atom. The summed E-state index contributed by atoms with van der Waals surface area (Å²) in [7, 11) is 1.76. The van der Waals surface area contributed by atoms with Gasteiger partial charge in [0.05, 0.1) is 6.10 Å². The van der Waals surface area contributed by atoms with E-state index in [1.807, 2.05) is 0 Å². The SMILES string of the molecule is CCCNC(CC)c1ccn(CC(C)OC)c1. The van der Waals surface area contributed by atoms with E-state index in [1.165, 1.54) is 12.0 Å². The van der Waals surface area contributed by atoms with Crippen molar-refractivity contribution < 1.29 is 4.74 Å². The van der Waals surface area contributed by atoms with Crippen molar-refractivity contribution in [3.63, 3.8) is 0 Å². The van der Waals surface area contributed by atoms with Crippen LogP contribution in [0.25, 0.3) is 0 Å². The van der Waals surface area contributed by atoms with Crippen molar-refractivity contribution in [2.24, 2.45) is 0 Å². The van der Waals surface area contributed by atoms with E-state index >= 15 is 0 Å². The van der Waals surface area contributed by atoms with Crippen molar-refractivity contribution in [1.82, 2.24) is 9.88 Å². The summed E-state index contributed by atoms with van der Waals surface area (Å²) < 4.78 is 7.49. The standard InChI is InChI=1S/C14H26N2O/c1-5-8-15-14(6-2)13-7-9-16(11-13)10-12(3)17-4/h7,9,11-12,14-15H,5-6,8,10H2,1-4H3. The number of hydrogen-bond acceptors (Lipinski definition) is 2. The van der Waals surface area contributed by atoms with Gasteiger partial charge in [0.25, 0.3) is 0 Å². The van der Waals surface area contributed by atoms with Gasteiger partial charge in [-0.2, -0.15) is 0 Å². The highest BCUT2D eigenvalue weighted by Gasteiger charge is 2.10. The minimum atomic E-state index is 0.263. The topological polar surface area (TPSA) is 26.2 Å². The van der Waals surface area contributed by atoms with E-state index in [-0.39, 0.29) is 6.10 Å². The highest BCUT2D eigenvalue weighted by atomic mass is 16.5. The molecule has 17 heavy (non-hydrogen) atoms. The molecule has 1 aromatic heterocycles. The zero-order valence-corrected chi connectivity index (χ0v) is 11.6. The number of nitrogens with one attached hydrogen (secondary N) is 1. The Balaban J connectivity index is 2.58. The number of rotatable bonds is 8. The number of nitrogens with zero attached hydrogens (tertiary/aromatic N) is 1. The van der Waals surface area contributed by atoms with Crippen LogP contribution >= 0.6 is 0 Å². The van der Waals surface area contributed by atoms with Gasteiger partial charge in [0.15, 0.2) is 0 Å². The molecule has 2 atom stereocenters. The molecule has 0 radical (unpaired) electrons. The molecular weight excluding hydrogens is 212 g/mol. The number of aromatic nitrogens is 1. The van der Waals surface area contributed by atoms with Gasteiger partial charge in [0.1, 0.15) is 0 Å². The molecule has 0 saturated carbocycles. The number of methoxy groups -OCH3 is 1. The summed E-state index contributed by atoms with van der Waals surface area (Å²) in [4.78, 5) is 0. The first-order valence-electron chi connectivity index (χ1n) is 6.63. The van der Waals surface area contributed by atoms with E-state index in [0.29, 0.717) is 6.04 Å². The Morgan fingerprint density at radius 3 is 2.76 bits per heavy atom. The summed E-state index contributed by atoms with van der Waals surface area (Å²) in [6, 6.07) is 2.69. The van der Waals surface area contributed by atoms with Crippen LogP contribution in [0.3, 0.4) is 0 Å². The van der Waals surface area contributed by atoms with E-state index in [9.17, 15) is 0 Å². The predicted octanol–water partition coefficient (Wildman–Crippen LogP) is 2.97. The van der Waals surface area contributed by atoms with Gasteiger partial charge in [-0.05, 0) is 37.9 Å². The second-order valence-electron chi connectivity index (χ2n) is 4.60. The van der Waals surface area contributed by atoms with Gasteiger partial charge in [-0.3, -0.25) is 0 Å². The highest BCUT2D eigenvalue weighted by Crippen LogP contribution is 2.17. The van der Waals surface area contributed by atoms with Gasteiger partial charge in [-0.25, -0.2) is 0 Å². The van der Waals surface area contributed by atoms with Crippen molar-refractivity contribution >= 4 is 0 Å². The Kier molecular flexibility index (Phi) is 6.30. The lowest BCUT2D eigenvalue weighted by atomic mass is 10.1. The summed E-state index contributed by atoms with van der Waals surface area (Å²) in [6.07, 6.45) is 6.94. The van der Waals surface area contributed by atoms with Crippen LogP contribution in [-0.2, 0) is 11.3 Å². The molecule has 0 saturated heterocycles. The van der Waals surface area contributed by atoms with Crippen LogP contribution < -0.4 is 5.32 Å².